The van der Waals surface area contributed by atoms with Crippen LogP contribution in [-0.2, 0) is 16.0 Å². The molecule has 7 heteroatoms. The molecule has 0 unspecified atom stereocenters. The normalized spacial score (nSPS) is 10.8. The summed E-state index contributed by atoms with van der Waals surface area (Å²) in [5.41, 5.74) is 2.96. The van der Waals surface area contributed by atoms with Crippen LogP contribution < -0.4 is 10.6 Å². The van der Waals surface area contributed by atoms with E-state index in [9.17, 15) is 9.59 Å². The topological polar surface area (TPSA) is 96.1 Å². The minimum absolute atomic E-state index is 0.125. The molecule has 1 aromatic heterocycles. The number of anilines is 1. The van der Waals surface area contributed by atoms with Crippen molar-refractivity contribution >= 4 is 28.5 Å². The van der Waals surface area contributed by atoms with Crippen molar-refractivity contribution in [2.45, 2.75) is 26.2 Å². The molecular weight excluding hydrogens is 368 g/mol. The number of para-hydroxylation sites is 2. The number of aromatic nitrogens is 2. The van der Waals surface area contributed by atoms with Crippen LogP contribution in [0, 0.1) is 0 Å². The van der Waals surface area contributed by atoms with E-state index in [4.69, 9.17) is 4.74 Å². The number of hydrogen-bond donors (Lipinski definition) is 3. The van der Waals surface area contributed by atoms with Crippen molar-refractivity contribution in [2.75, 3.05) is 25.1 Å². The highest BCUT2D eigenvalue weighted by Gasteiger charge is 2.09. The lowest BCUT2D eigenvalue weighted by atomic mass is 10.1. The number of ether oxygens (including phenoxy) is 1. The van der Waals surface area contributed by atoms with Crippen LogP contribution in [0.5, 0.6) is 0 Å². The molecule has 3 N–H and O–H groups in total. The highest BCUT2D eigenvalue weighted by atomic mass is 16.5. The van der Waals surface area contributed by atoms with Crippen molar-refractivity contribution in [1.82, 2.24) is 15.3 Å². The van der Waals surface area contributed by atoms with Crippen LogP contribution in [0.4, 0.5) is 5.69 Å². The predicted molar refractivity (Wildman–Crippen MR) is 113 cm³/mol. The fourth-order valence-electron chi connectivity index (χ4n) is 2.94. The lowest BCUT2D eigenvalue weighted by molar-refractivity contribution is -0.116. The van der Waals surface area contributed by atoms with E-state index < -0.39 is 0 Å². The van der Waals surface area contributed by atoms with Gasteiger partial charge < -0.3 is 20.4 Å². The first-order chi connectivity index (χ1) is 14.2. The largest absolute Gasteiger partial charge is 0.382 e. The Morgan fingerprint density at radius 3 is 2.83 bits per heavy atom. The van der Waals surface area contributed by atoms with Crippen LogP contribution in [0.3, 0.4) is 0 Å². The van der Waals surface area contributed by atoms with Crippen LogP contribution in [-0.4, -0.2) is 41.5 Å². The number of nitrogens with zero attached hydrogens (tertiary/aromatic N) is 1. The SMILES string of the molecule is CCOCCCNC(=O)c1cccc(NC(=O)CCc2nc3ccccc3[nH]2)c1. The third kappa shape index (κ3) is 6.15. The summed E-state index contributed by atoms with van der Waals surface area (Å²) in [7, 11) is 0. The third-order valence-electron chi connectivity index (χ3n) is 4.39. The van der Waals surface area contributed by atoms with E-state index in [0.717, 1.165) is 23.3 Å². The monoisotopic (exact) mass is 394 g/mol. The summed E-state index contributed by atoms with van der Waals surface area (Å²) in [6.45, 7) is 3.78. The Bertz CT molecular complexity index is 934. The average Bonchev–Trinajstić information content (AvgIpc) is 3.15. The Morgan fingerprint density at radius 1 is 1.14 bits per heavy atom. The first-order valence-corrected chi connectivity index (χ1v) is 9.85. The van der Waals surface area contributed by atoms with E-state index in [0.29, 0.717) is 43.9 Å². The lowest BCUT2D eigenvalue weighted by Crippen LogP contribution is -2.25. The Hall–Kier alpha value is -3.19. The second-order valence-corrected chi connectivity index (χ2v) is 6.64. The van der Waals surface area contributed by atoms with Gasteiger partial charge in [-0.3, -0.25) is 9.59 Å². The number of rotatable bonds is 10. The maximum absolute atomic E-state index is 12.3. The zero-order chi connectivity index (χ0) is 20.5. The third-order valence-corrected chi connectivity index (χ3v) is 4.39. The van der Waals surface area contributed by atoms with Gasteiger partial charge in [-0.05, 0) is 43.7 Å². The van der Waals surface area contributed by atoms with Crippen molar-refractivity contribution in [3.63, 3.8) is 0 Å². The predicted octanol–water partition coefficient (Wildman–Crippen LogP) is 3.29. The Labute approximate surface area is 169 Å². The highest BCUT2D eigenvalue weighted by Crippen LogP contribution is 2.13. The van der Waals surface area contributed by atoms with Crippen LogP contribution in [0.2, 0.25) is 0 Å². The molecule has 2 aromatic carbocycles. The number of H-pyrrole nitrogens is 1. The van der Waals surface area contributed by atoms with E-state index in [2.05, 4.69) is 20.6 Å². The molecule has 2 amide bonds. The molecule has 0 aliphatic heterocycles. The minimum atomic E-state index is -0.167. The summed E-state index contributed by atoms with van der Waals surface area (Å²) in [4.78, 5) is 32.2. The summed E-state index contributed by atoms with van der Waals surface area (Å²) in [6, 6.07) is 14.7. The van der Waals surface area contributed by atoms with Gasteiger partial charge >= 0.3 is 0 Å². The number of fused-ring (bicyclic) bond motifs is 1. The zero-order valence-corrected chi connectivity index (χ0v) is 16.5. The van der Waals surface area contributed by atoms with Crippen LogP contribution in [0.25, 0.3) is 11.0 Å². The van der Waals surface area contributed by atoms with Crippen molar-refractivity contribution in [3.8, 4) is 0 Å². The lowest BCUT2D eigenvalue weighted by Gasteiger charge is -2.08. The van der Waals surface area contributed by atoms with Gasteiger partial charge in [-0.2, -0.15) is 0 Å². The molecule has 3 aromatic rings. The molecule has 0 bridgehead atoms. The smallest absolute Gasteiger partial charge is 0.251 e. The van der Waals surface area contributed by atoms with Crippen molar-refractivity contribution in [1.29, 1.82) is 0 Å². The first-order valence-electron chi connectivity index (χ1n) is 9.85. The van der Waals surface area contributed by atoms with E-state index >= 15 is 0 Å². The summed E-state index contributed by atoms with van der Waals surface area (Å²) in [6.07, 6.45) is 1.58. The molecule has 3 rings (SSSR count). The van der Waals surface area contributed by atoms with Gasteiger partial charge in [0.1, 0.15) is 5.82 Å². The maximum atomic E-state index is 12.3. The van der Waals surface area contributed by atoms with Gasteiger partial charge in [0, 0.05) is 43.9 Å². The van der Waals surface area contributed by atoms with Gasteiger partial charge in [0.05, 0.1) is 11.0 Å². The number of hydrogen-bond acceptors (Lipinski definition) is 4. The molecule has 0 aliphatic carbocycles. The first kappa shape index (κ1) is 20.5. The van der Waals surface area contributed by atoms with Gasteiger partial charge in [-0.25, -0.2) is 4.98 Å². The van der Waals surface area contributed by atoms with Crippen molar-refractivity contribution in [3.05, 3.63) is 59.9 Å². The maximum Gasteiger partial charge on any atom is 0.251 e. The number of aromatic amines is 1. The van der Waals surface area contributed by atoms with Crippen LogP contribution in [0.15, 0.2) is 48.5 Å². The van der Waals surface area contributed by atoms with Gasteiger partial charge in [0.15, 0.2) is 0 Å². The molecule has 7 nitrogen and oxygen atoms in total. The summed E-state index contributed by atoms with van der Waals surface area (Å²) in [5, 5.41) is 5.70. The quantitative estimate of drug-likeness (QED) is 0.460. The molecule has 0 fully saturated rings. The second-order valence-electron chi connectivity index (χ2n) is 6.64. The molecule has 152 valence electrons. The van der Waals surface area contributed by atoms with Crippen molar-refractivity contribution < 1.29 is 14.3 Å². The summed E-state index contributed by atoms with van der Waals surface area (Å²) < 4.78 is 5.25. The second kappa shape index (κ2) is 10.4. The van der Waals surface area contributed by atoms with Gasteiger partial charge in [-0.15, -0.1) is 0 Å². The number of imidazole rings is 1. The van der Waals surface area contributed by atoms with E-state index in [-0.39, 0.29) is 11.8 Å². The molecule has 0 radical (unpaired) electrons. The number of amides is 2. The van der Waals surface area contributed by atoms with Gasteiger partial charge in [-0.1, -0.05) is 18.2 Å². The van der Waals surface area contributed by atoms with E-state index in [1.54, 1.807) is 24.3 Å². The molecular formula is C22H26N4O3. The molecule has 0 spiro atoms. The zero-order valence-electron chi connectivity index (χ0n) is 16.5. The fraction of sp³-hybridized carbons (Fsp3) is 0.318. The molecule has 1 heterocycles. The van der Waals surface area contributed by atoms with E-state index in [1.165, 1.54) is 0 Å². The number of carbonyl (C=O) groups is 2. The van der Waals surface area contributed by atoms with Gasteiger partial charge in [0.2, 0.25) is 5.91 Å². The fourth-order valence-corrected chi connectivity index (χ4v) is 2.94. The minimum Gasteiger partial charge on any atom is -0.382 e. The Kier molecular flexibility index (Phi) is 7.35. The number of benzene rings is 2. The van der Waals surface area contributed by atoms with Gasteiger partial charge in [0.25, 0.3) is 5.91 Å². The van der Waals surface area contributed by atoms with Crippen LogP contribution >= 0.6 is 0 Å². The summed E-state index contributed by atoms with van der Waals surface area (Å²) in [5.74, 6) is 0.487. The number of aryl methyl sites for hydroxylation is 1. The average molecular weight is 394 g/mol. The molecule has 29 heavy (non-hydrogen) atoms. The van der Waals surface area contributed by atoms with Crippen molar-refractivity contribution in [2.24, 2.45) is 0 Å². The Balaban J connectivity index is 1.48. The highest BCUT2D eigenvalue weighted by molar-refractivity contribution is 5.97. The molecule has 0 aliphatic rings. The molecule has 0 saturated carbocycles. The summed E-state index contributed by atoms with van der Waals surface area (Å²) >= 11 is 0. The van der Waals surface area contributed by atoms with Crippen LogP contribution in [0.1, 0.15) is 35.9 Å². The number of carbonyl (C=O) groups excluding carboxylic acids is 2. The van der Waals surface area contributed by atoms with E-state index in [1.807, 2.05) is 31.2 Å². The Morgan fingerprint density at radius 2 is 2.00 bits per heavy atom. The molecule has 0 atom stereocenters. The standard InChI is InChI=1S/C22H26N4O3/c1-2-29-14-6-13-23-22(28)16-7-5-8-17(15-16)24-21(27)12-11-20-25-18-9-3-4-10-19(18)26-20/h3-5,7-10,15H,2,6,11-14H2,1H3,(H,23,28)(H,24,27)(H,25,26). The number of nitrogens with one attached hydrogen (secondary N) is 3. The molecule has 0 saturated heterocycles.